The lowest BCUT2D eigenvalue weighted by Crippen LogP contribution is -2.32. The molecule has 1 spiro atoms. The number of nitrogens with one attached hydrogen (secondary N) is 2. The van der Waals surface area contributed by atoms with Crippen LogP contribution in [0.4, 0.5) is 0 Å². The Morgan fingerprint density at radius 3 is 2.93 bits per heavy atom. The Morgan fingerprint density at radius 1 is 1.57 bits per heavy atom. The Hall–Kier alpha value is -0.610. The van der Waals surface area contributed by atoms with Crippen LogP contribution in [0.1, 0.15) is 19.3 Å². The van der Waals surface area contributed by atoms with Gasteiger partial charge < -0.3 is 16.4 Å². The van der Waals surface area contributed by atoms with Gasteiger partial charge in [0.2, 0.25) is 5.91 Å². The van der Waals surface area contributed by atoms with Crippen LogP contribution in [0.3, 0.4) is 0 Å². The molecule has 1 aliphatic heterocycles. The van der Waals surface area contributed by atoms with E-state index in [0.717, 1.165) is 25.9 Å². The molecule has 2 saturated carbocycles. The molecule has 14 heavy (non-hydrogen) atoms. The average Bonchev–Trinajstić information content (AvgIpc) is 2.91. The predicted molar refractivity (Wildman–Crippen MR) is 52.5 cm³/mol. The lowest BCUT2D eigenvalue weighted by molar-refractivity contribution is -0.123. The van der Waals surface area contributed by atoms with Gasteiger partial charge in [0.15, 0.2) is 0 Å². The van der Waals surface area contributed by atoms with Gasteiger partial charge in [-0.3, -0.25) is 4.79 Å². The molecule has 1 amide bonds. The SMILES string of the molecule is NC1CC1NC(=O)C1CC12CCNC2. The lowest BCUT2D eigenvalue weighted by Gasteiger charge is -2.07. The molecule has 3 aliphatic rings. The number of carbonyl (C=O) groups excluding carboxylic acids is 1. The Morgan fingerprint density at radius 2 is 2.36 bits per heavy atom. The van der Waals surface area contributed by atoms with Gasteiger partial charge in [-0.2, -0.15) is 0 Å². The van der Waals surface area contributed by atoms with Gasteiger partial charge in [0, 0.05) is 24.5 Å². The molecule has 1 saturated heterocycles. The molecule has 1 heterocycles. The molecule has 2 aliphatic carbocycles. The normalized spacial score (nSPS) is 49.4. The van der Waals surface area contributed by atoms with E-state index in [-0.39, 0.29) is 23.9 Å². The molecular formula is C10H17N3O. The van der Waals surface area contributed by atoms with Crippen molar-refractivity contribution in [3.63, 3.8) is 0 Å². The zero-order valence-corrected chi connectivity index (χ0v) is 8.25. The standard InChI is InChI=1S/C10H17N3O/c11-7-3-8(7)13-9(14)6-4-10(6)1-2-12-5-10/h6-8,12H,1-5,11H2,(H,13,14). The molecular weight excluding hydrogens is 178 g/mol. The van der Waals surface area contributed by atoms with Crippen molar-refractivity contribution in [3.05, 3.63) is 0 Å². The smallest absolute Gasteiger partial charge is 0.224 e. The fourth-order valence-corrected chi connectivity index (χ4v) is 2.62. The summed E-state index contributed by atoms with van der Waals surface area (Å²) < 4.78 is 0. The highest BCUT2D eigenvalue weighted by Gasteiger charge is 2.59. The molecule has 0 aromatic heterocycles. The second-order valence-electron chi connectivity index (χ2n) is 5.06. The van der Waals surface area contributed by atoms with Gasteiger partial charge in [-0.25, -0.2) is 0 Å². The molecule has 4 atom stereocenters. The summed E-state index contributed by atoms with van der Waals surface area (Å²) in [4.78, 5) is 11.8. The lowest BCUT2D eigenvalue weighted by atomic mass is 10.0. The molecule has 0 aromatic rings. The van der Waals surface area contributed by atoms with E-state index in [1.165, 1.54) is 6.42 Å². The number of hydrogen-bond acceptors (Lipinski definition) is 3. The van der Waals surface area contributed by atoms with Crippen molar-refractivity contribution < 1.29 is 4.79 Å². The van der Waals surface area contributed by atoms with Crippen LogP contribution in [-0.2, 0) is 4.79 Å². The van der Waals surface area contributed by atoms with E-state index in [1.807, 2.05) is 0 Å². The highest BCUT2D eigenvalue weighted by Crippen LogP contribution is 2.56. The summed E-state index contributed by atoms with van der Waals surface area (Å²) in [6.07, 6.45) is 3.21. The number of amides is 1. The number of carbonyl (C=O) groups is 1. The van der Waals surface area contributed by atoms with Crippen molar-refractivity contribution in [1.82, 2.24) is 10.6 Å². The van der Waals surface area contributed by atoms with Gasteiger partial charge in [0.1, 0.15) is 0 Å². The zero-order chi connectivity index (χ0) is 9.76. The van der Waals surface area contributed by atoms with Crippen LogP contribution < -0.4 is 16.4 Å². The minimum atomic E-state index is 0.218. The average molecular weight is 195 g/mol. The third-order valence-corrected chi connectivity index (χ3v) is 3.95. The molecule has 0 bridgehead atoms. The number of nitrogens with two attached hydrogens (primary N) is 1. The summed E-state index contributed by atoms with van der Waals surface area (Å²) >= 11 is 0. The summed E-state index contributed by atoms with van der Waals surface area (Å²) in [5.74, 6) is 0.511. The van der Waals surface area contributed by atoms with Gasteiger partial charge in [-0.15, -0.1) is 0 Å². The molecule has 3 rings (SSSR count). The largest absolute Gasteiger partial charge is 0.351 e. The fraction of sp³-hybridized carbons (Fsp3) is 0.900. The van der Waals surface area contributed by atoms with Crippen LogP contribution in [0, 0.1) is 11.3 Å². The third-order valence-electron chi connectivity index (χ3n) is 3.95. The van der Waals surface area contributed by atoms with Crippen LogP contribution in [0.2, 0.25) is 0 Å². The van der Waals surface area contributed by atoms with Crippen molar-refractivity contribution in [2.45, 2.75) is 31.3 Å². The van der Waals surface area contributed by atoms with Gasteiger partial charge in [-0.1, -0.05) is 0 Å². The van der Waals surface area contributed by atoms with Crippen LogP contribution in [0.5, 0.6) is 0 Å². The van der Waals surface area contributed by atoms with Crippen molar-refractivity contribution in [2.24, 2.45) is 17.1 Å². The first-order valence-corrected chi connectivity index (χ1v) is 5.48. The first-order chi connectivity index (χ1) is 6.71. The summed E-state index contributed by atoms with van der Waals surface area (Å²) in [6, 6.07) is 0.491. The van der Waals surface area contributed by atoms with Crippen molar-refractivity contribution in [3.8, 4) is 0 Å². The molecule has 0 radical (unpaired) electrons. The maximum absolute atomic E-state index is 11.8. The predicted octanol–water partition coefficient (Wildman–Crippen LogP) is -0.798. The highest BCUT2D eigenvalue weighted by molar-refractivity contribution is 5.83. The molecule has 0 aromatic carbocycles. The summed E-state index contributed by atoms with van der Waals surface area (Å²) in [6.45, 7) is 2.11. The Kier molecular flexibility index (Phi) is 1.67. The van der Waals surface area contributed by atoms with E-state index >= 15 is 0 Å². The van der Waals surface area contributed by atoms with Gasteiger partial charge in [0.25, 0.3) is 0 Å². The first kappa shape index (κ1) is 8.68. The second-order valence-corrected chi connectivity index (χ2v) is 5.06. The number of hydrogen-bond donors (Lipinski definition) is 3. The summed E-state index contributed by atoms with van der Waals surface area (Å²) in [7, 11) is 0. The Bertz CT molecular complexity index is 273. The first-order valence-electron chi connectivity index (χ1n) is 5.48. The van der Waals surface area contributed by atoms with Gasteiger partial charge in [-0.05, 0) is 31.2 Å². The van der Waals surface area contributed by atoms with E-state index in [0.29, 0.717) is 5.41 Å². The maximum Gasteiger partial charge on any atom is 0.224 e. The van der Waals surface area contributed by atoms with Gasteiger partial charge >= 0.3 is 0 Å². The molecule has 4 nitrogen and oxygen atoms in total. The van der Waals surface area contributed by atoms with Crippen LogP contribution >= 0.6 is 0 Å². The second kappa shape index (κ2) is 2.70. The Balaban J connectivity index is 1.55. The van der Waals surface area contributed by atoms with E-state index in [4.69, 9.17) is 5.73 Å². The molecule has 78 valence electrons. The molecule has 4 unspecified atom stereocenters. The molecule has 4 N–H and O–H groups in total. The fourth-order valence-electron chi connectivity index (χ4n) is 2.62. The number of rotatable bonds is 2. The van der Waals surface area contributed by atoms with Crippen LogP contribution in [-0.4, -0.2) is 31.1 Å². The summed E-state index contributed by atoms with van der Waals surface area (Å²) in [5.41, 5.74) is 5.98. The van der Waals surface area contributed by atoms with E-state index in [2.05, 4.69) is 10.6 Å². The van der Waals surface area contributed by atoms with Crippen LogP contribution in [0.15, 0.2) is 0 Å². The van der Waals surface area contributed by atoms with E-state index in [1.54, 1.807) is 0 Å². The highest BCUT2D eigenvalue weighted by atomic mass is 16.2. The van der Waals surface area contributed by atoms with E-state index < -0.39 is 0 Å². The minimum absolute atomic E-state index is 0.218. The quantitative estimate of drug-likeness (QED) is 0.540. The van der Waals surface area contributed by atoms with Crippen molar-refractivity contribution >= 4 is 5.91 Å². The van der Waals surface area contributed by atoms with Crippen molar-refractivity contribution in [1.29, 1.82) is 0 Å². The summed E-state index contributed by atoms with van der Waals surface area (Å²) in [5, 5.41) is 6.36. The monoisotopic (exact) mass is 195 g/mol. The van der Waals surface area contributed by atoms with Crippen molar-refractivity contribution in [2.75, 3.05) is 13.1 Å². The Labute approximate surface area is 83.6 Å². The zero-order valence-electron chi connectivity index (χ0n) is 8.25. The van der Waals surface area contributed by atoms with Crippen LogP contribution in [0.25, 0.3) is 0 Å². The van der Waals surface area contributed by atoms with E-state index in [9.17, 15) is 4.79 Å². The molecule has 3 fully saturated rings. The van der Waals surface area contributed by atoms with Gasteiger partial charge in [0.05, 0.1) is 0 Å². The third kappa shape index (κ3) is 1.25. The topological polar surface area (TPSA) is 67.1 Å². The minimum Gasteiger partial charge on any atom is -0.351 e. The molecule has 4 heteroatoms. The maximum atomic E-state index is 11.8.